The summed E-state index contributed by atoms with van der Waals surface area (Å²) in [5.74, 6) is -0.288. The Morgan fingerprint density at radius 1 is 1.10 bits per heavy atom. The molecule has 0 bridgehead atoms. The molecule has 6 nitrogen and oxygen atoms in total. The lowest BCUT2D eigenvalue weighted by Gasteiger charge is -2.13. The smallest absolute Gasteiger partial charge is 0.307 e. The summed E-state index contributed by atoms with van der Waals surface area (Å²) in [6.45, 7) is 7.19. The second-order valence-corrected chi connectivity index (χ2v) is 12.6. The molecule has 1 fully saturated rings. The van der Waals surface area contributed by atoms with E-state index in [1.807, 2.05) is 49.0 Å². The van der Waals surface area contributed by atoms with Gasteiger partial charge in [0.25, 0.3) is 0 Å². The lowest BCUT2D eigenvalue weighted by Crippen LogP contribution is -2.10. The number of aromatic nitrogens is 3. The molecule has 2 heterocycles. The second kappa shape index (κ2) is 10.4. The zero-order valence-electron chi connectivity index (χ0n) is 22.7. The minimum absolute atomic E-state index is 0.0423. The number of carboxylic acid groups (broad SMARTS) is 1. The first-order chi connectivity index (χ1) is 18.4. The molecule has 0 amide bonds. The van der Waals surface area contributed by atoms with Crippen LogP contribution in [-0.4, -0.2) is 36.5 Å². The summed E-state index contributed by atoms with van der Waals surface area (Å²) in [6.07, 6.45) is 2.36. The molecule has 1 saturated carbocycles. The molecule has 1 aliphatic rings. The Bertz CT molecular complexity index is 1690. The molecule has 2 aromatic heterocycles. The Morgan fingerprint density at radius 3 is 2.36 bits per heavy atom. The molecule has 0 unspecified atom stereocenters. The third-order valence-electron chi connectivity index (χ3n) is 6.56. The van der Waals surface area contributed by atoms with Gasteiger partial charge in [0.1, 0.15) is 5.01 Å². The van der Waals surface area contributed by atoms with Gasteiger partial charge in [0.05, 0.1) is 33.4 Å². The van der Waals surface area contributed by atoms with E-state index in [4.69, 9.17) is 26.8 Å². The Balaban J connectivity index is 0.000000567. The molecule has 8 heteroatoms. The monoisotopic (exact) mass is 561 g/mol. The zero-order valence-corrected chi connectivity index (χ0v) is 24.3. The molecule has 6 rings (SSSR count). The van der Waals surface area contributed by atoms with Crippen LogP contribution in [0, 0.1) is 6.92 Å². The molecule has 3 aromatic carbocycles. The first kappa shape index (κ1) is 27.3. The molecule has 0 saturated heterocycles. The number of carbonyl (C=O) groups is 1. The van der Waals surface area contributed by atoms with Gasteiger partial charge in [-0.1, -0.05) is 23.7 Å². The Labute approximate surface area is 236 Å². The van der Waals surface area contributed by atoms with Gasteiger partial charge in [0.15, 0.2) is 0 Å². The number of hydrogen-bond acceptors (Lipinski definition) is 5. The number of aliphatic carboxylic acids is 1. The van der Waals surface area contributed by atoms with E-state index in [0.717, 1.165) is 48.6 Å². The number of halogens is 1. The van der Waals surface area contributed by atoms with Crippen LogP contribution in [0.25, 0.3) is 42.8 Å². The Morgan fingerprint density at radius 2 is 1.74 bits per heavy atom. The molecular weight excluding hydrogens is 530 g/mol. The number of fused-ring (bicyclic) bond motifs is 2. The maximum atomic E-state index is 11.7. The highest BCUT2D eigenvalue weighted by molar-refractivity contribution is 7.22. The number of benzene rings is 3. The van der Waals surface area contributed by atoms with E-state index in [1.54, 1.807) is 32.1 Å². The summed E-state index contributed by atoms with van der Waals surface area (Å²) in [5, 5.41) is 25.7. The molecule has 5 aromatic rings. The van der Waals surface area contributed by atoms with Crippen molar-refractivity contribution in [3.63, 3.8) is 0 Å². The van der Waals surface area contributed by atoms with E-state index in [2.05, 4.69) is 18.2 Å². The minimum Gasteiger partial charge on any atom is -0.481 e. The average molecular weight is 562 g/mol. The average Bonchev–Trinajstić information content (AvgIpc) is 3.52. The molecular formula is C31H32ClN3O3S. The predicted molar refractivity (Wildman–Crippen MR) is 160 cm³/mol. The molecule has 2 N–H and O–H groups in total. The molecule has 39 heavy (non-hydrogen) atoms. The molecule has 1 aliphatic carbocycles. The molecule has 0 spiro atoms. The van der Waals surface area contributed by atoms with Crippen LogP contribution < -0.4 is 0 Å². The SMILES string of the molecule is CC(C)(C)O.Cc1cc2nc(-c3ccc4c(c3)c(C3CC3)nn4C)sc2c(-c2ccc(Cl)cc2)c1CC(=O)O. The molecule has 0 radical (unpaired) electrons. The fourth-order valence-electron chi connectivity index (χ4n) is 4.74. The summed E-state index contributed by atoms with van der Waals surface area (Å²) in [7, 11) is 2.00. The van der Waals surface area contributed by atoms with Gasteiger partial charge in [-0.05, 0) is 93.6 Å². The summed E-state index contributed by atoms with van der Waals surface area (Å²) in [6, 6.07) is 16.0. The third-order valence-corrected chi connectivity index (χ3v) is 7.95. The van der Waals surface area contributed by atoms with Crippen molar-refractivity contribution in [2.45, 2.75) is 58.5 Å². The number of aliphatic hydroxyl groups is 1. The lowest BCUT2D eigenvalue weighted by molar-refractivity contribution is -0.136. The van der Waals surface area contributed by atoms with Crippen LogP contribution in [0.1, 0.15) is 56.4 Å². The maximum absolute atomic E-state index is 11.7. The summed E-state index contributed by atoms with van der Waals surface area (Å²) in [4.78, 5) is 16.7. The van der Waals surface area contributed by atoms with Gasteiger partial charge in [-0.15, -0.1) is 11.3 Å². The van der Waals surface area contributed by atoms with Crippen molar-refractivity contribution < 1.29 is 15.0 Å². The van der Waals surface area contributed by atoms with Crippen molar-refractivity contribution in [3.8, 4) is 21.7 Å². The van der Waals surface area contributed by atoms with E-state index in [9.17, 15) is 9.90 Å². The van der Waals surface area contributed by atoms with E-state index in [-0.39, 0.29) is 6.42 Å². The van der Waals surface area contributed by atoms with E-state index >= 15 is 0 Å². The van der Waals surface area contributed by atoms with Gasteiger partial charge in [0, 0.05) is 34.5 Å². The van der Waals surface area contributed by atoms with Gasteiger partial charge < -0.3 is 10.2 Å². The van der Waals surface area contributed by atoms with Gasteiger partial charge in [-0.25, -0.2) is 4.98 Å². The molecule has 0 aliphatic heterocycles. The molecule has 0 atom stereocenters. The third kappa shape index (κ3) is 6.01. The van der Waals surface area contributed by atoms with Gasteiger partial charge in [0.2, 0.25) is 0 Å². The maximum Gasteiger partial charge on any atom is 0.307 e. The van der Waals surface area contributed by atoms with Crippen LogP contribution in [0.2, 0.25) is 5.02 Å². The van der Waals surface area contributed by atoms with Crippen LogP contribution >= 0.6 is 22.9 Å². The number of aryl methyl sites for hydroxylation is 2. The van der Waals surface area contributed by atoms with E-state index in [1.165, 1.54) is 23.9 Å². The first-order valence-corrected chi connectivity index (χ1v) is 14.2. The van der Waals surface area contributed by atoms with Crippen molar-refractivity contribution in [1.29, 1.82) is 0 Å². The van der Waals surface area contributed by atoms with Crippen molar-refractivity contribution in [1.82, 2.24) is 14.8 Å². The quantitative estimate of drug-likeness (QED) is 0.229. The van der Waals surface area contributed by atoms with Gasteiger partial charge in [-0.2, -0.15) is 5.10 Å². The number of rotatable bonds is 5. The second-order valence-electron chi connectivity index (χ2n) is 11.2. The highest BCUT2D eigenvalue weighted by Gasteiger charge is 2.29. The predicted octanol–water partition coefficient (Wildman–Crippen LogP) is 7.76. The minimum atomic E-state index is -0.850. The zero-order chi connectivity index (χ0) is 28.1. The lowest BCUT2D eigenvalue weighted by atomic mass is 9.93. The standard InChI is InChI=1S/C27H22ClN3O2S.C4H10O/c1-14-11-21-26(24(19(14)13-23(32)33)15-5-8-18(28)9-6-15)34-27(29-21)17-7-10-22-20(12-17)25(16-3-4-16)30-31(22)2;1-4(2,3)5/h5-12,16H,3-4,13H2,1-2H3,(H,32,33);5H,1-3H3. The van der Waals surface area contributed by atoms with Crippen molar-refractivity contribution in [2.24, 2.45) is 7.05 Å². The van der Waals surface area contributed by atoms with Crippen LogP contribution in [0.3, 0.4) is 0 Å². The number of carboxylic acids is 1. The Kier molecular flexibility index (Phi) is 7.27. The van der Waals surface area contributed by atoms with Crippen LogP contribution in [0.15, 0.2) is 48.5 Å². The Hall–Kier alpha value is -3.26. The van der Waals surface area contributed by atoms with Crippen molar-refractivity contribution in [3.05, 3.63) is 70.4 Å². The van der Waals surface area contributed by atoms with E-state index < -0.39 is 11.6 Å². The number of nitrogens with zero attached hydrogens (tertiary/aromatic N) is 3. The first-order valence-electron chi connectivity index (χ1n) is 13.0. The van der Waals surface area contributed by atoms with Crippen LogP contribution in [0.4, 0.5) is 0 Å². The fraction of sp³-hybridized carbons (Fsp3) is 0.323. The normalized spacial score (nSPS) is 13.5. The van der Waals surface area contributed by atoms with Crippen molar-refractivity contribution in [2.75, 3.05) is 0 Å². The molecule has 202 valence electrons. The van der Waals surface area contributed by atoms with Crippen molar-refractivity contribution >= 4 is 50.0 Å². The number of thiazole rings is 1. The van der Waals surface area contributed by atoms with Gasteiger partial charge in [-0.3, -0.25) is 9.48 Å². The fourth-order valence-corrected chi connectivity index (χ4v) is 6.00. The number of hydrogen-bond donors (Lipinski definition) is 2. The summed E-state index contributed by atoms with van der Waals surface area (Å²) >= 11 is 7.74. The summed E-state index contributed by atoms with van der Waals surface area (Å²) < 4.78 is 2.96. The van der Waals surface area contributed by atoms with Crippen LogP contribution in [-0.2, 0) is 18.3 Å². The van der Waals surface area contributed by atoms with Crippen LogP contribution in [0.5, 0.6) is 0 Å². The van der Waals surface area contributed by atoms with Gasteiger partial charge >= 0.3 is 5.97 Å². The van der Waals surface area contributed by atoms with E-state index in [0.29, 0.717) is 10.9 Å². The summed E-state index contributed by atoms with van der Waals surface area (Å²) in [5.41, 5.74) is 7.37. The largest absolute Gasteiger partial charge is 0.481 e. The topological polar surface area (TPSA) is 88.2 Å². The highest BCUT2D eigenvalue weighted by Crippen LogP contribution is 2.44. The highest BCUT2D eigenvalue weighted by atomic mass is 35.5.